The van der Waals surface area contributed by atoms with E-state index in [-0.39, 0.29) is 11.7 Å². The van der Waals surface area contributed by atoms with Crippen molar-refractivity contribution in [1.29, 1.82) is 0 Å². The molecule has 2 N–H and O–H groups in total. The molecule has 1 atom stereocenters. The lowest BCUT2D eigenvalue weighted by atomic mass is 10.2. The second-order valence-corrected chi connectivity index (χ2v) is 6.74. The molecule has 2 aromatic rings. The van der Waals surface area contributed by atoms with Gasteiger partial charge in [0.2, 0.25) is 5.91 Å². The van der Waals surface area contributed by atoms with Crippen LogP contribution in [0.2, 0.25) is 0 Å². The highest BCUT2D eigenvalue weighted by Crippen LogP contribution is 2.27. The summed E-state index contributed by atoms with van der Waals surface area (Å²) in [6.45, 7) is 2.70. The van der Waals surface area contributed by atoms with Crippen LogP contribution in [0, 0.1) is 0 Å². The van der Waals surface area contributed by atoms with Crippen molar-refractivity contribution in [2.24, 2.45) is 0 Å². The van der Waals surface area contributed by atoms with Gasteiger partial charge in [-0.3, -0.25) is 4.79 Å². The summed E-state index contributed by atoms with van der Waals surface area (Å²) in [5, 5.41) is 12.6. The van der Waals surface area contributed by atoms with E-state index in [9.17, 15) is 9.90 Å². The fourth-order valence-corrected chi connectivity index (χ4v) is 3.03. The number of hydrogen-bond donors (Lipinski definition) is 2. The molecule has 0 aromatic heterocycles. The number of rotatable bonds is 7. The van der Waals surface area contributed by atoms with Gasteiger partial charge in [0.1, 0.15) is 5.75 Å². The summed E-state index contributed by atoms with van der Waals surface area (Å²) in [7, 11) is 0. The van der Waals surface area contributed by atoms with E-state index >= 15 is 0 Å². The number of nitrogens with one attached hydrogen (secondary N) is 1. The number of benzene rings is 2. The second-order valence-electron chi connectivity index (χ2n) is 5.22. The van der Waals surface area contributed by atoms with Crippen LogP contribution in [0.15, 0.2) is 59.5 Å². The molecule has 1 amide bonds. The summed E-state index contributed by atoms with van der Waals surface area (Å²) >= 11 is 1.72. The van der Waals surface area contributed by atoms with Gasteiger partial charge in [-0.2, -0.15) is 0 Å². The summed E-state index contributed by atoms with van der Waals surface area (Å²) in [5.74, 6) is 0.360. The van der Waals surface area contributed by atoms with Crippen LogP contribution in [-0.4, -0.2) is 16.3 Å². The van der Waals surface area contributed by atoms with E-state index in [1.807, 2.05) is 42.5 Å². The Morgan fingerprint density at radius 3 is 2.50 bits per heavy atom. The molecule has 0 saturated carbocycles. The van der Waals surface area contributed by atoms with Crippen LogP contribution in [-0.2, 0) is 11.3 Å². The number of aromatic hydroxyl groups is 1. The second kappa shape index (κ2) is 8.49. The Morgan fingerprint density at radius 2 is 1.82 bits per heavy atom. The van der Waals surface area contributed by atoms with Gasteiger partial charge in [-0.1, -0.05) is 37.3 Å². The molecule has 0 spiro atoms. The van der Waals surface area contributed by atoms with Crippen molar-refractivity contribution in [1.82, 2.24) is 5.32 Å². The first kappa shape index (κ1) is 16.4. The zero-order valence-corrected chi connectivity index (χ0v) is 13.5. The van der Waals surface area contributed by atoms with Gasteiger partial charge in [0.15, 0.2) is 0 Å². The molecule has 0 aliphatic carbocycles. The van der Waals surface area contributed by atoms with E-state index in [2.05, 4.69) is 12.2 Å². The fraction of sp³-hybridized carbons (Fsp3) is 0.278. The number of hydrogen-bond acceptors (Lipinski definition) is 3. The third-order valence-corrected chi connectivity index (χ3v) is 4.47. The van der Waals surface area contributed by atoms with Gasteiger partial charge in [0.25, 0.3) is 0 Å². The summed E-state index contributed by atoms with van der Waals surface area (Å²) in [6, 6.07) is 17.1. The Kier molecular flexibility index (Phi) is 6.34. The quantitative estimate of drug-likeness (QED) is 0.760. The van der Waals surface area contributed by atoms with Crippen LogP contribution in [0.5, 0.6) is 5.75 Å². The Hall–Kier alpha value is -1.94. The standard InChI is InChI=1S/C18H21NO2S/c1-14(22-17-10-8-16(20)9-11-17)7-12-18(21)19-13-15-5-3-2-4-6-15/h2-6,8-11,14,20H,7,12-13H2,1H3,(H,19,21). The van der Waals surface area contributed by atoms with Crippen molar-refractivity contribution >= 4 is 17.7 Å². The van der Waals surface area contributed by atoms with Crippen LogP contribution in [0.25, 0.3) is 0 Å². The first-order chi connectivity index (χ1) is 10.6. The van der Waals surface area contributed by atoms with Crippen molar-refractivity contribution in [2.75, 3.05) is 0 Å². The smallest absolute Gasteiger partial charge is 0.220 e. The molecule has 0 heterocycles. The monoisotopic (exact) mass is 315 g/mol. The topological polar surface area (TPSA) is 49.3 Å². The van der Waals surface area contributed by atoms with E-state index in [0.29, 0.717) is 18.2 Å². The Bertz CT molecular complexity index is 584. The van der Waals surface area contributed by atoms with Crippen molar-refractivity contribution in [3.05, 3.63) is 60.2 Å². The van der Waals surface area contributed by atoms with E-state index in [1.54, 1.807) is 23.9 Å². The molecule has 0 saturated heterocycles. The third-order valence-electron chi connectivity index (χ3n) is 3.28. The van der Waals surface area contributed by atoms with E-state index in [0.717, 1.165) is 16.9 Å². The van der Waals surface area contributed by atoms with Gasteiger partial charge in [0.05, 0.1) is 0 Å². The highest BCUT2D eigenvalue weighted by molar-refractivity contribution is 7.99. The van der Waals surface area contributed by atoms with Crippen molar-refractivity contribution in [3.8, 4) is 5.75 Å². The fourth-order valence-electron chi connectivity index (χ4n) is 2.04. The maximum absolute atomic E-state index is 11.9. The number of amides is 1. The molecule has 1 unspecified atom stereocenters. The Balaban J connectivity index is 1.68. The van der Waals surface area contributed by atoms with Crippen LogP contribution in [0.1, 0.15) is 25.3 Å². The molecule has 0 aliphatic heterocycles. The lowest BCUT2D eigenvalue weighted by Crippen LogP contribution is -2.23. The summed E-state index contributed by atoms with van der Waals surface area (Å²) in [5.41, 5.74) is 1.11. The molecule has 3 nitrogen and oxygen atoms in total. The predicted octanol–water partition coefficient (Wildman–Crippen LogP) is 3.97. The molecule has 22 heavy (non-hydrogen) atoms. The average Bonchev–Trinajstić information content (AvgIpc) is 2.54. The van der Waals surface area contributed by atoms with Gasteiger partial charge in [-0.25, -0.2) is 0 Å². The minimum atomic E-state index is 0.0852. The highest BCUT2D eigenvalue weighted by Gasteiger charge is 2.08. The third kappa shape index (κ3) is 5.82. The van der Waals surface area contributed by atoms with Crippen molar-refractivity contribution in [2.45, 2.75) is 36.5 Å². The molecule has 4 heteroatoms. The molecule has 116 valence electrons. The molecule has 0 radical (unpaired) electrons. The highest BCUT2D eigenvalue weighted by atomic mass is 32.2. The van der Waals surface area contributed by atoms with Crippen LogP contribution >= 0.6 is 11.8 Å². The predicted molar refractivity (Wildman–Crippen MR) is 90.9 cm³/mol. The van der Waals surface area contributed by atoms with Gasteiger partial charge < -0.3 is 10.4 Å². The van der Waals surface area contributed by atoms with Crippen LogP contribution < -0.4 is 5.32 Å². The van der Waals surface area contributed by atoms with E-state index < -0.39 is 0 Å². The first-order valence-electron chi connectivity index (χ1n) is 7.40. The van der Waals surface area contributed by atoms with Crippen LogP contribution in [0.3, 0.4) is 0 Å². The largest absolute Gasteiger partial charge is 0.508 e. The molecule has 2 aromatic carbocycles. The maximum atomic E-state index is 11.9. The zero-order chi connectivity index (χ0) is 15.8. The Labute approximate surface area is 135 Å². The minimum absolute atomic E-state index is 0.0852. The van der Waals surface area contributed by atoms with E-state index in [4.69, 9.17) is 0 Å². The summed E-state index contributed by atoms with van der Waals surface area (Å²) in [4.78, 5) is 13.0. The number of phenols is 1. The van der Waals surface area contributed by atoms with Gasteiger partial charge in [0, 0.05) is 23.1 Å². The molecular weight excluding hydrogens is 294 g/mol. The Morgan fingerprint density at radius 1 is 1.14 bits per heavy atom. The molecule has 2 rings (SSSR count). The van der Waals surface area contributed by atoms with Crippen LogP contribution in [0.4, 0.5) is 0 Å². The number of carbonyl (C=O) groups excluding carboxylic acids is 1. The molecular formula is C18H21NO2S. The normalized spacial score (nSPS) is 11.9. The lowest BCUT2D eigenvalue weighted by molar-refractivity contribution is -0.121. The summed E-state index contributed by atoms with van der Waals surface area (Å²) < 4.78 is 0. The first-order valence-corrected chi connectivity index (χ1v) is 8.28. The summed E-state index contributed by atoms with van der Waals surface area (Å²) in [6.07, 6.45) is 1.35. The number of phenolic OH excluding ortho intramolecular Hbond substituents is 1. The molecule has 0 aliphatic rings. The van der Waals surface area contributed by atoms with Gasteiger partial charge in [-0.15, -0.1) is 11.8 Å². The number of carbonyl (C=O) groups is 1. The molecule has 0 fully saturated rings. The average molecular weight is 315 g/mol. The molecule has 0 bridgehead atoms. The van der Waals surface area contributed by atoms with Gasteiger partial charge >= 0.3 is 0 Å². The maximum Gasteiger partial charge on any atom is 0.220 e. The SMILES string of the molecule is CC(CCC(=O)NCc1ccccc1)Sc1ccc(O)cc1. The zero-order valence-electron chi connectivity index (χ0n) is 12.7. The van der Waals surface area contributed by atoms with E-state index in [1.165, 1.54) is 0 Å². The van der Waals surface area contributed by atoms with Crippen molar-refractivity contribution < 1.29 is 9.90 Å². The lowest BCUT2D eigenvalue weighted by Gasteiger charge is -2.11. The van der Waals surface area contributed by atoms with Crippen molar-refractivity contribution in [3.63, 3.8) is 0 Å². The number of thioether (sulfide) groups is 1. The minimum Gasteiger partial charge on any atom is -0.508 e. The van der Waals surface area contributed by atoms with Gasteiger partial charge in [-0.05, 0) is 36.2 Å².